The van der Waals surface area contributed by atoms with Crippen LogP contribution in [0.2, 0.25) is 0 Å². The smallest absolute Gasteiger partial charge is 0.222 e. The molecule has 1 fully saturated rings. The molecule has 0 saturated carbocycles. The molecule has 110 valence electrons. The summed E-state index contributed by atoms with van der Waals surface area (Å²) >= 11 is 0. The molecule has 1 N–H and O–H groups in total. The van der Waals surface area contributed by atoms with E-state index in [0.717, 1.165) is 38.9 Å². The highest BCUT2D eigenvalue weighted by Crippen LogP contribution is 2.10. The van der Waals surface area contributed by atoms with Crippen LogP contribution >= 0.6 is 0 Å². The van der Waals surface area contributed by atoms with E-state index in [4.69, 9.17) is 0 Å². The van der Waals surface area contributed by atoms with E-state index < -0.39 is 0 Å². The van der Waals surface area contributed by atoms with Gasteiger partial charge in [-0.1, -0.05) is 29.8 Å². The highest BCUT2D eigenvalue weighted by atomic mass is 16.2. The Morgan fingerprint density at radius 2 is 2.05 bits per heavy atom. The van der Waals surface area contributed by atoms with Crippen molar-refractivity contribution in [2.24, 2.45) is 0 Å². The van der Waals surface area contributed by atoms with E-state index in [1.54, 1.807) is 0 Å². The number of nitrogens with one attached hydrogen (secondary N) is 1. The van der Waals surface area contributed by atoms with Gasteiger partial charge in [0.15, 0.2) is 0 Å². The van der Waals surface area contributed by atoms with Crippen molar-refractivity contribution in [3.8, 4) is 0 Å². The van der Waals surface area contributed by atoms with E-state index in [0.29, 0.717) is 18.4 Å². The summed E-state index contributed by atoms with van der Waals surface area (Å²) in [7, 11) is 0. The molecular weight excluding hydrogens is 248 g/mol. The molecule has 20 heavy (non-hydrogen) atoms. The lowest BCUT2D eigenvalue weighted by Gasteiger charge is -2.32. The van der Waals surface area contributed by atoms with Crippen LogP contribution in [0.25, 0.3) is 0 Å². The molecule has 0 bridgehead atoms. The number of aryl methyl sites for hydroxylation is 2. The Bertz CT molecular complexity index is 427. The third-order valence-electron chi connectivity index (χ3n) is 3.95. The first-order valence-electron chi connectivity index (χ1n) is 7.72. The number of rotatable bonds is 5. The molecule has 1 aliphatic heterocycles. The number of carbonyl (C=O) groups excluding carboxylic acids is 1. The molecule has 3 heteroatoms. The summed E-state index contributed by atoms with van der Waals surface area (Å²) in [6.45, 7) is 6.89. The first-order valence-corrected chi connectivity index (χ1v) is 7.72. The van der Waals surface area contributed by atoms with Crippen molar-refractivity contribution in [2.75, 3.05) is 19.6 Å². The van der Waals surface area contributed by atoms with Gasteiger partial charge in [0.2, 0.25) is 5.91 Å². The lowest BCUT2D eigenvalue weighted by Crippen LogP contribution is -2.51. The van der Waals surface area contributed by atoms with Crippen molar-refractivity contribution >= 4 is 5.91 Å². The van der Waals surface area contributed by atoms with Crippen molar-refractivity contribution in [1.29, 1.82) is 0 Å². The summed E-state index contributed by atoms with van der Waals surface area (Å²) < 4.78 is 0. The zero-order valence-corrected chi connectivity index (χ0v) is 12.7. The van der Waals surface area contributed by atoms with E-state index in [-0.39, 0.29) is 0 Å². The Balaban J connectivity index is 1.65. The van der Waals surface area contributed by atoms with Gasteiger partial charge >= 0.3 is 0 Å². The molecule has 1 atom stereocenters. The van der Waals surface area contributed by atoms with E-state index in [9.17, 15) is 4.79 Å². The number of benzene rings is 1. The number of unbranched alkanes of at least 4 members (excludes halogenated alkanes) is 1. The molecule has 2 rings (SSSR count). The normalized spacial score (nSPS) is 19.1. The Hall–Kier alpha value is -1.35. The minimum absolute atomic E-state index is 0.322. The van der Waals surface area contributed by atoms with Gasteiger partial charge in [-0.15, -0.1) is 0 Å². The van der Waals surface area contributed by atoms with E-state index >= 15 is 0 Å². The number of amides is 1. The van der Waals surface area contributed by atoms with Crippen molar-refractivity contribution in [2.45, 2.75) is 45.6 Å². The number of piperazine rings is 1. The van der Waals surface area contributed by atoms with Gasteiger partial charge in [0.05, 0.1) is 0 Å². The lowest BCUT2D eigenvalue weighted by molar-refractivity contribution is -0.132. The Kier molecular flexibility index (Phi) is 5.60. The van der Waals surface area contributed by atoms with Crippen molar-refractivity contribution < 1.29 is 4.79 Å². The summed E-state index contributed by atoms with van der Waals surface area (Å²) in [4.78, 5) is 14.1. The molecule has 1 amide bonds. The summed E-state index contributed by atoms with van der Waals surface area (Å²) in [6.07, 6.45) is 3.85. The SMILES string of the molecule is Cc1ccc(CCCCC(=O)N2CCNC(C)C2)cc1. The summed E-state index contributed by atoms with van der Waals surface area (Å²) in [6, 6.07) is 9.12. The van der Waals surface area contributed by atoms with Crippen LogP contribution in [0, 0.1) is 6.92 Å². The van der Waals surface area contributed by atoms with Gasteiger partial charge in [-0.25, -0.2) is 0 Å². The van der Waals surface area contributed by atoms with Crippen molar-refractivity contribution in [3.05, 3.63) is 35.4 Å². The van der Waals surface area contributed by atoms with Gasteiger partial charge in [0.25, 0.3) is 0 Å². The van der Waals surface area contributed by atoms with Gasteiger partial charge in [0, 0.05) is 32.1 Å². The lowest BCUT2D eigenvalue weighted by atomic mass is 10.1. The van der Waals surface area contributed by atoms with Crippen LogP contribution in [-0.4, -0.2) is 36.5 Å². The molecule has 1 aromatic rings. The van der Waals surface area contributed by atoms with Crippen LogP contribution in [0.1, 0.15) is 37.3 Å². The quantitative estimate of drug-likeness (QED) is 0.837. The molecule has 3 nitrogen and oxygen atoms in total. The second-order valence-corrected chi connectivity index (χ2v) is 5.89. The second kappa shape index (κ2) is 7.44. The maximum atomic E-state index is 12.1. The van der Waals surface area contributed by atoms with Crippen LogP contribution in [0.15, 0.2) is 24.3 Å². The van der Waals surface area contributed by atoms with Crippen LogP contribution in [0.3, 0.4) is 0 Å². The predicted octanol–water partition coefficient (Wildman–Crippen LogP) is 2.53. The zero-order valence-electron chi connectivity index (χ0n) is 12.7. The average Bonchev–Trinajstić information content (AvgIpc) is 2.45. The molecule has 0 spiro atoms. The monoisotopic (exact) mass is 274 g/mol. The van der Waals surface area contributed by atoms with Gasteiger partial charge in [-0.05, 0) is 38.7 Å². The standard InChI is InChI=1S/C17H26N2O/c1-14-7-9-16(10-8-14)5-3-4-6-17(20)19-12-11-18-15(2)13-19/h7-10,15,18H,3-6,11-13H2,1-2H3. The number of carbonyl (C=O) groups is 1. The maximum Gasteiger partial charge on any atom is 0.222 e. The third kappa shape index (κ3) is 4.64. The fourth-order valence-electron chi connectivity index (χ4n) is 2.68. The van der Waals surface area contributed by atoms with Gasteiger partial charge in [0.1, 0.15) is 0 Å². The minimum Gasteiger partial charge on any atom is -0.340 e. The Labute approximate surface area is 122 Å². The Morgan fingerprint density at radius 3 is 2.75 bits per heavy atom. The fourth-order valence-corrected chi connectivity index (χ4v) is 2.68. The summed E-state index contributed by atoms with van der Waals surface area (Å²) in [5.74, 6) is 0.322. The van der Waals surface area contributed by atoms with Crippen molar-refractivity contribution in [1.82, 2.24) is 10.2 Å². The largest absolute Gasteiger partial charge is 0.340 e. The predicted molar refractivity (Wildman–Crippen MR) is 82.8 cm³/mol. The van der Waals surface area contributed by atoms with Crippen LogP contribution in [0.4, 0.5) is 0 Å². The zero-order chi connectivity index (χ0) is 14.4. The van der Waals surface area contributed by atoms with Gasteiger partial charge in [-0.3, -0.25) is 4.79 Å². The minimum atomic E-state index is 0.322. The number of hydrogen-bond donors (Lipinski definition) is 1. The van der Waals surface area contributed by atoms with Crippen molar-refractivity contribution in [3.63, 3.8) is 0 Å². The van der Waals surface area contributed by atoms with E-state index in [1.165, 1.54) is 11.1 Å². The average molecular weight is 274 g/mol. The molecular formula is C17H26N2O. The highest BCUT2D eigenvalue weighted by molar-refractivity contribution is 5.76. The highest BCUT2D eigenvalue weighted by Gasteiger charge is 2.19. The maximum absolute atomic E-state index is 12.1. The topological polar surface area (TPSA) is 32.3 Å². The molecule has 1 aromatic carbocycles. The Morgan fingerprint density at radius 1 is 1.30 bits per heavy atom. The molecule has 1 unspecified atom stereocenters. The molecule has 0 aliphatic carbocycles. The van der Waals surface area contributed by atoms with Gasteiger partial charge in [-0.2, -0.15) is 0 Å². The number of nitrogens with zero attached hydrogens (tertiary/aromatic N) is 1. The molecule has 0 aromatic heterocycles. The van der Waals surface area contributed by atoms with E-state index in [2.05, 4.69) is 43.4 Å². The third-order valence-corrected chi connectivity index (χ3v) is 3.95. The van der Waals surface area contributed by atoms with Gasteiger partial charge < -0.3 is 10.2 Å². The summed E-state index contributed by atoms with van der Waals surface area (Å²) in [5, 5.41) is 3.37. The first-order chi connectivity index (χ1) is 9.65. The summed E-state index contributed by atoms with van der Waals surface area (Å²) in [5.41, 5.74) is 2.68. The van der Waals surface area contributed by atoms with Crippen LogP contribution in [0.5, 0.6) is 0 Å². The van der Waals surface area contributed by atoms with E-state index in [1.807, 2.05) is 4.90 Å². The first kappa shape index (κ1) is 15.0. The van der Waals surface area contributed by atoms with Crippen LogP contribution in [-0.2, 0) is 11.2 Å². The molecule has 0 radical (unpaired) electrons. The number of hydrogen-bond acceptors (Lipinski definition) is 2. The molecule has 1 saturated heterocycles. The second-order valence-electron chi connectivity index (χ2n) is 5.89. The molecule has 1 aliphatic rings. The molecule has 1 heterocycles. The van der Waals surface area contributed by atoms with Crippen LogP contribution < -0.4 is 5.32 Å². The fraction of sp³-hybridized carbons (Fsp3) is 0.588.